The molecule has 6 nitrogen and oxygen atoms in total. The normalized spacial score (nSPS) is 13.1. The van der Waals surface area contributed by atoms with Crippen LogP contribution in [0, 0.1) is 5.92 Å². The lowest BCUT2D eigenvalue weighted by Gasteiger charge is -2.31. The van der Waals surface area contributed by atoms with Crippen LogP contribution < -0.4 is 20.3 Å². The molecule has 0 radical (unpaired) electrons. The zero-order valence-electron chi connectivity index (χ0n) is 15.9. The van der Waals surface area contributed by atoms with Gasteiger partial charge in [-0.15, -0.1) is 0 Å². The van der Waals surface area contributed by atoms with Crippen molar-refractivity contribution in [1.29, 1.82) is 0 Å². The van der Waals surface area contributed by atoms with Gasteiger partial charge in [-0.25, -0.2) is 4.79 Å². The quantitative estimate of drug-likeness (QED) is 0.847. The Kier molecular flexibility index (Phi) is 5.64. The number of urea groups is 1. The van der Waals surface area contributed by atoms with Crippen molar-refractivity contribution in [3.8, 4) is 5.75 Å². The fraction of sp³-hybridized carbons (Fsp3) is 0.333. The Balaban J connectivity index is 1.69. The molecule has 1 heterocycles. The van der Waals surface area contributed by atoms with Crippen molar-refractivity contribution < 1.29 is 14.3 Å². The average molecular weight is 367 g/mol. The van der Waals surface area contributed by atoms with Gasteiger partial charge >= 0.3 is 6.03 Å². The van der Waals surface area contributed by atoms with Crippen LogP contribution in [0.5, 0.6) is 5.75 Å². The first kappa shape index (κ1) is 18.8. The summed E-state index contributed by atoms with van der Waals surface area (Å²) in [5.74, 6) is 0.828. The summed E-state index contributed by atoms with van der Waals surface area (Å²) in [5.41, 5.74) is 3.41. The number of methoxy groups -OCH3 is 1. The van der Waals surface area contributed by atoms with Gasteiger partial charge in [-0.05, 0) is 60.9 Å². The molecule has 1 aliphatic heterocycles. The first-order chi connectivity index (χ1) is 13.0. The molecule has 0 spiro atoms. The molecule has 0 fully saturated rings. The summed E-state index contributed by atoms with van der Waals surface area (Å²) >= 11 is 0. The van der Waals surface area contributed by atoms with E-state index in [2.05, 4.69) is 10.6 Å². The van der Waals surface area contributed by atoms with Crippen LogP contribution >= 0.6 is 0 Å². The Morgan fingerprint density at radius 2 is 1.70 bits per heavy atom. The Hall–Kier alpha value is -3.02. The van der Waals surface area contributed by atoms with Crippen LogP contribution in [0.1, 0.15) is 25.8 Å². The summed E-state index contributed by atoms with van der Waals surface area (Å²) in [4.78, 5) is 26.5. The van der Waals surface area contributed by atoms with Crippen LogP contribution in [0.3, 0.4) is 0 Å². The molecule has 0 unspecified atom stereocenters. The van der Waals surface area contributed by atoms with E-state index in [0.29, 0.717) is 11.4 Å². The summed E-state index contributed by atoms with van der Waals surface area (Å²) in [6.07, 6.45) is 1.82. The van der Waals surface area contributed by atoms with Crippen LogP contribution in [0.15, 0.2) is 42.5 Å². The lowest BCUT2D eigenvalue weighted by atomic mass is 9.99. The number of carbonyl (C=O) groups excluding carboxylic acids is 2. The Morgan fingerprint density at radius 1 is 1.04 bits per heavy atom. The third kappa shape index (κ3) is 4.39. The van der Waals surface area contributed by atoms with Gasteiger partial charge in [0.05, 0.1) is 7.11 Å². The summed E-state index contributed by atoms with van der Waals surface area (Å²) < 4.78 is 5.11. The number of amides is 3. The molecule has 2 aromatic carbocycles. The fourth-order valence-corrected chi connectivity index (χ4v) is 3.18. The van der Waals surface area contributed by atoms with E-state index < -0.39 is 0 Å². The highest BCUT2D eigenvalue weighted by molar-refractivity contribution is 6.00. The van der Waals surface area contributed by atoms with Crippen molar-refractivity contribution in [3.63, 3.8) is 0 Å². The van der Waals surface area contributed by atoms with E-state index in [4.69, 9.17) is 4.74 Å². The first-order valence-corrected chi connectivity index (χ1v) is 9.14. The molecule has 0 aromatic heterocycles. The monoisotopic (exact) mass is 367 g/mol. The number of fused-ring (bicyclic) bond motifs is 1. The van der Waals surface area contributed by atoms with Gasteiger partial charge in [0, 0.05) is 29.5 Å². The maximum absolute atomic E-state index is 12.4. The van der Waals surface area contributed by atoms with E-state index in [9.17, 15) is 9.59 Å². The highest BCUT2D eigenvalue weighted by Gasteiger charge is 2.24. The number of nitrogens with zero attached hydrogens (tertiary/aromatic N) is 1. The number of hydrogen-bond acceptors (Lipinski definition) is 3. The smallest absolute Gasteiger partial charge is 0.323 e. The SMILES string of the molecule is COc1ccc(NC(=O)Nc2ccc3c(c2)CCCN3C(=O)C(C)C)cc1. The summed E-state index contributed by atoms with van der Waals surface area (Å²) in [6.45, 7) is 4.57. The maximum Gasteiger partial charge on any atom is 0.323 e. The molecule has 6 heteroatoms. The lowest BCUT2D eigenvalue weighted by Crippen LogP contribution is -2.38. The zero-order valence-corrected chi connectivity index (χ0v) is 15.9. The lowest BCUT2D eigenvalue weighted by molar-refractivity contribution is -0.121. The number of nitrogens with one attached hydrogen (secondary N) is 2. The molecule has 2 aromatic rings. The number of hydrogen-bond donors (Lipinski definition) is 2. The second kappa shape index (κ2) is 8.12. The van der Waals surface area contributed by atoms with Crippen LogP contribution in [0.25, 0.3) is 0 Å². The molecule has 0 saturated heterocycles. The summed E-state index contributed by atoms with van der Waals surface area (Å²) in [5, 5.41) is 5.64. The van der Waals surface area contributed by atoms with Gasteiger partial charge in [0.1, 0.15) is 5.75 Å². The Bertz CT molecular complexity index is 831. The van der Waals surface area contributed by atoms with E-state index >= 15 is 0 Å². The highest BCUT2D eigenvalue weighted by Crippen LogP contribution is 2.30. The predicted molar refractivity (Wildman–Crippen MR) is 108 cm³/mol. The molecular formula is C21H25N3O3. The molecule has 0 aliphatic carbocycles. The average Bonchev–Trinajstić information content (AvgIpc) is 2.67. The fourth-order valence-electron chi connectivity index (χ4n) is 3.18. The van der Waals surface area contributed by atoms with Crippen molar-refractivity contribution in [1.82, 2.24) is 0 Å². The molecular weight excluding hydrogens is 342 g/mol. The van der Waals surface area contributed by atoms with Crippen LogP contribution in [0.4, 0.5) is 21.9 Å². The standard InChI is InChI=1S/C21H25N3O3/c1-14(2)20(25)24-12-4-5-15-13-17(8-11-19(15)24)23-21(26)22-16-6-9-18(27-3)10-7-16/h6-11,13-14H,4-5,12H2,1-3H3,(H2,22,23,26). The van der Waals surface area contributed by atoms with Gasteiger partial charge in [-0.1, -0.05) is 13.8 Å². The van der Waals surface area contributed by atoms with E-state index in [1.807, 2.05) is 36.9 Å². The van der Waals surface area contributed by atoms with Crippen LogP contribution in [-0.2, 0) is 11.2 Å². The molecule has 0 saturated carbocycles. The van der Waals surface area contributed by atoms with Gasteiger partial charge in [0.2, 0.25) is 5.91 Å². The Labute approximate surface area is 159 Å². The first-order valence-electron chi connectivity index (χ1n) is 9.14. The number of aryl methyl sites for hydroxylation is 1. The number of rotatable bonds is 4. The van der Waals surface area contributed by atoms with Gasteiger partial charge in [0.25, 0.3) is 0 Å². The van der Waals surface area contributed by atoms with Gasteiger partial charge < -0.3 is 20.3 Å². The molecule has 0 bridgehead atoms. The second-order valence-electron chi connectivity index (χ2n) is 6.90. The number of benzene rings is 2. The van der Waals surface area contributed by atoms with Gasteiger partial charge in [0.15, 0.2) is 0 Å². The van der Waals surface area contributed by atoms with Gasteiger partial charge in [-0.2, -0.15) is 0 Å². The minimum Gasteiger partial charge on any atom is -0.497 e. The summed E-state index contributed by atoms with van der Waals surface area (Å²) in [6, 6.07) is 12.5. The van der Waals surface area contributed by atoms with E-state index in [1.165, 1.54) is 0 Å². The number of ether oxygens (including phenoxy) is 1. The summed E-state index contributed by atoms with van der Waals surface area (Å²) in [7, 11) is 1.60. The maximum atomic E-state index is 12.4. The molecule has 3 amide bonds. The minimum absolute atomic E-state index is 0.0379. The van der Waals surface area contributed by atoms with Crippen LogP contribution in [0.2, 0.25) is 0 Å². The van der Waals surface area contributed by atoms with Crippen molar-refractivity contribution >= 4 is 29.0 Å². The molecule has 27 heavy (non-hydrogen) atoms. The molecule has 0 atom stereocenters. The van der Waals surface area contributed by atoms with Crippen molar-refractivity contribution in [3.05, 3.63) is 48.0 Å². The molecule has 2 N–H and O–H groups in total. The number of anilines is 3. The topological polar surface area (TPSA) is 70.7 Å². The minimum atomic E-state index is -0.314. The largest absolute Gasteiger partial charge is 0.497 e. The molecule has 3 rings (SSSR count). The predicted octanol–water partition coefficient (Wildman–Crippen LogP) is 4.27. The Morgan fingerprint density at radius 3 is 2.37 bits per heavy atom. The van der Waals surface area contributed by atoms with Crippen LogP contribution in [-0.4, -0.2) is 25.6 Å². The zero-order chi connectivity index (χ0) is 19.4. The number of carbonyl (C=O) groups is 2. The third-order valence-electron chi connectivity index (χ3n) is 4.56. The van der Waals surface area contributed by atoms with E-state index in [1.54, 1.807) is 31.4 Å². The molecule has 1 aliphatic rings. The van der Waals surface area contributed by atoms with Crippen molar-refractivity contribution in [2.45, 2.75) is 26.7 Å². The third-order valence-corrected chi connectivity index (χ3v) is 4.56. The second-order valence-corrected chi connectivity index (χ2v) is 6.90. The highest BCUT2D eigenvalue weighted by atomic mass is 16.5. The van der Waals surface area contributed by atoms with Crippen molar-refractivity contribution in [2.24, 2.45) is 5.92 Å². The van der Waals surface area contributed by atoms with E-state index in [0.717, 1.165) is 36.4 Å². The van der Waals surface area contributed by atoms with Crippen molar-refractivity contribution in [2.75, 3.05) is 29.2 Å². The van der Waals surface area contributed by atoms with E-state index in [-0.39, 0.29) is 17.9 Å². The van der Waals surface area contributed by atoms with Gasteiger partial charge in [-0.3, -0.25) is 4.79 Å². The molecule has 142 valence electrons.